The van der Waals surface area contributed by atoms with Crippen LogP contribution in [0.2, 0.25) is 0 Å². The zero-order chi connectivity index (χ0) is 21.0. The number of benzene rings is 3. The summed E-state index contributed by atoms with van der Waals surface area (Å²) in [5, 5.41) is 0. The molecule has 0 aromatic heterocycles. The molecule has 1 saturated heterocycles. The number of nitrogens with one attached hydrogen (secondary N) is 1. The van der Waals surface area contributed by atoms with Crippen LogP contribution in [0.15, 0.2) is 72.8 Å². The van der Waals surface area contributed by atoms with Crippen molar-refractivity contribution in [1.82, 2.24) is 9.03 Å². The zero-order valence-corrected chi connectivity index (χ0v) is 18.6. The van der Waals surface area contributed by atoms with Gasteiger partial charge in [-0.05, 0) is 71.6 Å². The van der Waals surface area contributed by atoms with Crippen LogP contribution in [-0.4, -0.2) is 17.4 Å². The Morgan fingerprint density at radius 1 is 0.871 bits per heavy atom. The lowest BCUT2D eigenvalue weighted by Gasteiger charge is -2.37. The SMILES string of the molecule is Fc1ccc(CNSN2CCCC(C3c4ccccc4CCc4ccccc43)C2)cc1. The van der Waals surface area contributed by atoms with Crippen LogP contribution in [0.4, 0.5) is 4.39 Å². The van der Waals surface area contributed by atoms with Crippen LogP contribution in [0, 0.1) is 11.7 Å². The van der Waals surface area contributed by atoms with E-state index in [1.54, 1.807) is 12.1 Å². The molecule has 1 fully saturated rings. The summed E-state index contributed by atoms with van der Waals surface area (Å²) in [5.74, 6) is 0.893. The van der Waals surface area contributed by atoms with E-state index in [1.807, 2.05) is 12.1 Å². The quantitative estimate of drug-likeness (QED) is 0.489. The monoisotopic (exact) mass is 432 g/mol. The van der Waals surface area contributed by atoms with Crippen LogP contribution >= 0.6 is 12.1 Å². The maximum absolute atomic E-state index is 13.1. The molecular weight excluding hydrogens is 403 g/mol. The van der Waals surface area contributed by atoms with E-state index in [9.17, 15) is 4.39 Å². The predicted octanol–water partition coefficient (Wildman–Crippen LogP) is 6.12. The average Bonchev–Trinajstić information content (AvgIpc) is 2.98. The largest absolute Gasteiger partial charge is 0.246 e. The number of aryl methyl sites for hydroxylation is 2. The third-order valence-corrected chi connectivity index (χ3v) is 7.58. The van der Waals surface area contributed by atoms with Crippen molar-refractivity contribution in [3.63, 3.8) is 0 Å². The van der Waals surface area contributed by atoms with Gasteiger partial charge in [-0.15, -0.1) is 0 Å². The summed E-state index contributed by atoms with van der Waals surface area (Å²) in [6.07, 6.45) is 4.75. The molecule has 3 aromatic rings. The van der Waals surface area contributed by atoms with Gasteiger partial charge in [0.2, 0.25) is 0 Å². The van der Waals surface area contributed by atoms with Gasteiger partial charge in [-0.3, -0.25) is 0 Å². The first-order valence-corrected chi connectivity index (χ1v) is 12.1. The molecule has 1 N–H and O–H groups in total. The number of rotatable bonds is 5. The molecule has 1 heterocycles. The summed E-state index contributed by atoms with van der Waals surface area (Å²) in [6.45, 7) is 2.92. The molecule has 0 radical (unpaired) electrons. The Labute approximate surface area is 189 Å². The van der Waals surface area contributed by atoms with Gasteiger partial charge in [0, 0.05) is 37.7 Å². The third kappa shape index (κ3) is 4.72. The minimum Gasteiger partial charge on any atom is -0.246 e. The molecule has 3 aromatic carbocycles. The van der Waals surface area contributed by atoms with Crippen molar-refractivity contribution in [2.45, 2.75) is 38.1 Å². The van der Waals surface area contributed by atoms with E-state index >= 15 is 0 Å². The van der Waals surface area contributed by atoms with Crippen LogP contribution < -0.4 is 4.72 Å². The van der Waals surface area contributed by atoms with E-state index in [1.165, 1.54) is 47.2 Å². The second-order valence-electron chi connectivity index (χ2n) is 8.70. The molecule has 1 aliphatic heterocycles. The van der Waals surface area contributed by atoms with Gasteiger partial charge < -0.3 is 0 Å². The Hall–Kier alpha value is -2.14. The minimum absolute atomic E-state index is 0.181. The van der Waals surface area contributed by atoms with Crippen molar-refractivity contribution < 1.29 is 4.39 Å². The van der Waals surface area contributed by atoms with Gasteiger partial charge in [0.05, 0.1) is 0 Å². The van der Waals surface area contributed by atoms with Crippen molar-refractivity contribution in [2.75, 3.05) is 13.1 Å². The first kappa shape index (κ1) is 20.7. The van der Waals surface area contributed by atoms with Crippen molar-refractivity contribution in [3.05, 3.63) is 106 Å². The molecule has 1 unspecified atom stereocenters. The highest BCUT2D eigenvalue weighted by atomic mass is 32.2. The van der Waals surface area contributed by atoms with E-state index in [0.717, 1.165) is 38.0 Å². The lowest BCUT2D eigenvalue weighted by Crippen LogP contribution is -2.36. The predicted molar refractivity (Wildman–Crippen MR) is 127 cm³/mol. The molecular formula is C27H29FN2S. The van der Waals surface area contributed by atoms with Gasteiger partial charge in [0.15, 0.2) is 0 Å². The van der Waals surface area contributed by atoms with E-state index < -0.39 is 0 Å². The smallest absolute Gasteiger partial charge is 0.123 e. The van der Waals surface area contributed by atoms with Crippen LogP contribution in [0.5, 0.6) is 0 Å². The molecule has 4 heteroatoms. The van der Waals surface area contributed by atoms with Gasteiger partial charge in [-0.25, -0.2) is 13.4 Å². The van der Waals surface area contributed by atoms with Gasteiger partial charge in [-0.1, -0.05) is 60.7 Å². The summed E-state index contributed by atoms with van der Waals surface area (Å²) >= 11 is 1.72. The molecule has 0 spiro atoms. The standard InChI is InChI=1S/C27H29FN2S/c28-24-15-11-20(12-16-24)18-29-31-30-17-5-8-23(19-30)27-25-9-3-1-6-21(25)13-14-22-7-2-4-10-26(22)27/h1-4,6-7,9-12,15-16,23,27,29H,5,8,13-14,17-19H2. The fourth-order valence-electron chi connectivity index (χ4n) is 5.21. The van der Waals surface area contributed by atoms with E-state index in [4.69, 9.17) is 0 Å². The Bertz CT molecular complexity index is 972. The first-order valence-electron chi connectivity index (χ1n) is 11.3. The van der Waals surface area contributed by atoms with E-state index in [-0.39, 0.29) is 5.82 Å². The molecule has 2 aliphatic rings. The van der Waals surface area contributed by atoms with Gasteiger partial charge in [0.25, 0.3) is 0 Å². The Balaban J connectivity index is 1.32. The molecule has 31 heavy (non-hydrogen) atoms. The highest BCUT2D eigenvalue weighted by molar-refractivity contribution is 7.95. The van der Waals surface area contributed by atoms with Crippen LogP contribution in [0.1, 0.15) is 46.6 Å². The molecule has 0 bridgehead atoms. The molecule has 5 rings (SSSR count). The van der Waals surface area contributed by atoms with Crippen molar-refractivity contribution >= 4 is 12.1 Å². The molecule has 1 aliphatic carbocycles. The molecule has 0 amide bonds. The van der Waals surface area contributed by atoms with E-state index in [0.29, 0.717) is 11.8 Å². The summed E-state index contributed by atoms with van der Waals surface area (Å²) in [4.78, 5) is 0. The van der Waals surface area contributed by atoms with Crippen molar-refractivity contribution in [1.29, 1.82) is 0 Å². The van der Waals surface area contributed by atoms with Crippen molar-refractivity contribution in [3.8, 4) is 0 Å². The maximum Gasteiger partial charge on any atom is 0.123 e. The number of nitrogens with zero attached hydrogens (tertiary/aromatic N) is 1. The number of fused-ring (bicyclic) bond motifs is 2. The maximum atomic E-state index is 13.1. The number of hydrogen-bond acceptors (Lipinski definition) is 3. The Kier molecular flexibility index (Phi) is 6.40. The van der Waals surface area contributed by atoms with Crippen LogP contribution in [0.3, 0.4) is 0 Å². The normalized spacial score (nSPS) is 19.5. The highest BCUT2D eigenvalue weighted by Crippen LogP contribution is 2.42. The first-order chi connectivity index (χ1) is 15.3. The fourth-order valence-corrected chi connectivity index (χ4v) is 6.11. The Morgan fingerprint density at radius 3 is 2.19 bits per heavy atom. The highest BCUT2D eigenvalue weighted by Gasteiger charge is 2.33. The second kappa shape index (κ2) is 9.56. The molecule has 160 valence electrons. The summed E-state index contributed by atoms with van der Waals surface area (Å²) in [7, 11) is 0. The van der Waals surface area contributed by atoms with Gasteiger partial charge >= 0.3 is 0 Å². The minimum atomic E-state index is -0.181. The number of piperidine rings is 1. The van der Waals surface area contributed by atoms with Crippen LogP contribution in [0.25, 0.3) is 0 Å². The van der Waals surface area contributed by atoms with Crippen LogP contribution in [-0.2, 0) is 19.4 Å². The number of halogens is 1. The zero-order valence-electron chi connectivity index (χ0n) is 17.8. The van der Waals surface area contributed by atoms with E-state index in [2.05, 4.69) is 57.6 Å². The third-order valence-electron chi connectivity index (χ3n) is 6.72. The average molecular weight is 433 g/mol. The lowest BCUT2D eigenvalue weighted by atomic mass is 9.76. The Morgan fingerprint density at radius 2 is 1.52 bits per heavy atom. The van der Waals surface area contributed by atoms with Crippen molar-refractivity contribution in [2.24, 2.45) is 5.92 Å². The lowest BCUT2D eigenvalue weighted by molar-refractivity contribution is 0.263. The molecule has 2 nitrogen and oxygen atoms in total. The molecule has 1 atom stereocenters. The summed E-state index contributed by atoms with van der Waals surface area (Å²) in [6, 6.07) is 24.9. The summed E-state index contributed by atoms with van der Waals surface area (Å²) < 4.78 is 19.1. The summed E-state index contributed by atoms with van der Waals surface area (Å²) in [5.41, 5.74) is 7.20. The topological polar surface area (TPSA) is 15.3 Å². The number of hydrogen-bond donors (Lipinski definition) is 1. The second-order valence-corrected chi connectivity index (χ2v) is 9.69. The van der Waals surface area contributed by atoms with Gasteiger partial charge in [-0.2, -0.15) is 0 Å². The fraction of sp³-hybridized carbons (Fsp3) is 0.333. The van der Waals surface area contributed by atoms with Gasteiger partial charge in [0.1, 0.15) is 5.82 Å². The molecule has 0 saturated carbocycles.